The minimum absolute atomic E-state index is 0.196. The quantitative estimate of drug-likeness (QED) is 0.812. The van der Waals surface area contributed by atoms with Gasteiger partial charge in [-0.05, 0) is 20.8 Å². The van der Waals surface area contributed by atoms with E-state index in [9.17, 15) is 0 Å². The summed E-state index contributed by atoms with van der Waals surface area (Å²) in [6.45, 7) is 8.34. The second-order valence-electron chi connectivity index (χ2n) is 3.48. The number of hydrogen-bond acceptors (Lipinski definition) is 4. The van der Waals surface area contributed by atoms with Gasteiger partial charge in [0.2, 0.25) is 0 Å². The van der Waals surface area contributed by atoms with E-state index in [1.807, 2.05) is 6.92 Å². The molecule has 0 saturated heterocycles. The van der Waals surface area contributed by atoms with Crippen molar-refractivity contribution in [1.82, 2.24) is 4.98 Å². The molecule has 4 heteroatoms. The van der Waals surface area contributed by atoms with Crippen LogP contribution in [0.5, 0.6) is 0 Å². The highest BCUT2D eigenvalue weighted by atomic mass is 32.1. The molecule has 1 atom stereocenters. The Kier molecular flexibility index (Phi) is 4.35. The number of nitrogens with zero attached hydrogens (tertiary/aromatic N) is 2. The van der Waals surface area contributed by atoms with Crippen LogP contribution in [0.3, 0.4) is 0 Å². The molecule has 0 spiro atoms. The van der Waals surface area contributed by atoms with Gasteiger partial charge < -0.3 is 10.6 Å². The van der Waals surface area contributed by atoms with Gasteiger partial charge in [-0.2, -0.15) is 0 Å². The van der Waals surface area contributed by atoms with Gasteiger partial charge in [0.15, 0.2) is 5.13 Å². The number of thiazole rings is 1. The maximum absolute atomic E-state index is 5.73. The number of anilines is 1. The maximum Gasteiger partial charge on any atom is 0.185 e. The molecular weight excluding hydrogens is 194 g/mol. The molecule has 1 rings (SSSR count). The van der Waals surface area contributed by atoms with Gasteiger partial charge in [-0.25, -0.2) is 4.98 Å². The molecule has 0 saturated carbocycles. The van der Waals surface area contributed by atoms with Gasteiger partial charge in [-0.15, -0.1) is 11.3 Å². The van der Waals surface area contributed by atoms with Crippen molar-refractivity contribution in [2.45, 2.75) is 33.2 Å². The van der Waals surface area contributed by atoms with Crippen LogP contribution in [0, 0.1) is 0 Å². The van der Waals surface area contributed by atoms with Crippen molar-refractivity contribution < 1.29 is 0 Å². The summed E-state index contributed by atoms with van der Waals surface area (Å²) in [5.74, 6) is 0. The molecular formula is C10H19N3S. The second-order valence-corrected chi connectivity index (χ2v) is 4.31. The number of rotatable bonds is 5. The summed E-state index contributed by atoms with van der Waals surface area (Å²) in [6, 6.07) is 0.196. The van der Waals surface area contributed by atoms with Crippen molar-refractivity contribution in [3.8, 4) is 0 Å². The zero-order chi connectivity index (χ0) is 10.6. The summed E-state index contributed by atoms with van der Waals surface area (Å²) < 4.78 is 0. The van der Waals surface area contributed by atoms with Gasteiger partial charge in [0.05, 0.1) is 5.69 Å². The van der Waals surface area contributed by atoms with E-state index in [2.05, 4.69) is 29.1 Å². The zero-order valence-corrected chi connectivity index (χ0v) is 9.97. The Bertz CT molecular complexity index is 266. The molecule has 1 heterocycles. The first-order valence-electron chi connectivity index (χ1n) is 5.12. The van der Waals surface area contributed by atoms with Crippen LogP contribution in [0.1, 0.15) is 26.5 Å². The van der Waals surface area contributed by atoms with Crippen LogP contribution < -0.4 is 10.6 Å². The molecule has 3 nitrogen and oxygen atoms in total. The van der Waals surface area contributed by atoms with E-state index in [4.69, 9.17) is 5.73 Å². The topological polar surface area (TPSA) is 42.2 Å². The van der Waals surface area contributed by atoms with Crippen LogP contribution in [0.25, 0.3) is 0 Å². The highest BCUT2D eigenvalue weighted by molar-refractivity contribution is 7.13. The average molecular weight is 213 g/mol. The van der Waals surface area contributed by atoms with E-state index in [1.54, 1.807) is 11.3 Å². The van der Waals surface area contributed by atoms with Crippen molar-refractivity contribution in [1.29, 1.82) is 0 Å². The maximum atomic E-state index is 5.73. The molecule has 0 radical (unpaired) electrons. The molecule has 2 N–H and O–H groups in total. The predicted molar refractivity (Wildman–Crippen MR) is 63.0 cm³/mol. The molecule has 0 aromatic carbocycles. The predicted octanol–water partition coefficient (Wildman–Crippen LogP) is 1.88. The lowest BCUT2D eigenvalue weighted by atomic mass is 10.2. The van der Waals surface area contributed by atoms with Gasteiger partial charge in [-0.3, -0.25) is 0 Å². The Balaban J connectivity index is 2.66. The van der Waals surface area contributed by atoms with Gasteiger partial charge in [0.1, 0.15) is 0 Å². The van der Waals surface area contributed by atoms with E-state index in [0.29, 0.717) is 0 Å². The second kappa shape index (κ2) is 5.32. The monoisotopic (exact) mass is 213 g/mol. The van der Waals surface area contributed by atoms with E-state index in [-0.39, 0.29) is 6.04 Å². The number of aromatic nitrogens is 1. The Hall–Kier alpha value is -0.610. The third kappa shape index (κ3) is 2.96. The van der Waals surface area contributed by atoms with Crippen molar-refractivity contribution >= 4 is 16.5 Å². The van der Waals surface area contributed by atoms with Crippen LogP contribution in [-0.2, 0) is 6.42 Å². The molecule has 0 amide bonds. The van der Waals surface area contributed by atoms with E-state index < -0.39 is 0 Å². The first kappa shape index (κ1) is 11.5. The van der Waals surface area contributed by atoms with Crippen LogP contribution >= 0.6 is 11.3 Å². The smallest absolute Gasteiger partial charge is 0.185 e. The lowest BCUT2D eigenvalue weighted by Crippen LogP contribution is -2.22. The molecule has 0 aliphatic heterocycles. The van der Waals surface area contributed by atoms with E-state index >= 15 is 0 Å². The summed E-state index contributed by atoms with van der Waals surface area (Å²) in [5, 5.41) is 3.22. The summed E-state index contributed by atoms with van der Waals surface area (Å²) >= 11 is 1.71. The van der Waals surface area contributed by atoms with Crippen LogP contribution in [-0.4, -0.2) is 24.1 Å². The minimum Gasteiger partial charge on any atom is -0.349 e. The Labute approximate surface area is 89.9 Å². The first-order valence-corrected chi connectivity index (χ1v) is 6.00. The lowest BCUT2D eigenvalue weighted by Gasteiger charge is -2.16. The van der Waals surface area contributed by atoms with Crippen molar-refractivity contribution in [3.05, 3.63) is 11.1 Å². The number of hydrogen-bond donors (Lipinski definition) is 1. The van der Waals surface area contributed by atoms with E-state index in [0.717, 1.165) is 30.3 Å². The Morgan fingerprint density at radius 3 is 2.64 bits per heavy atom. The third-order valence-corrected chi connectivity index (χ3v) is 3.05. The highest BCUT2D eigenvalue weighted by Gasteiger charge is 2.08. The molecule has 0 fully saturated rings. The van der Waals surface area contributed by atoms with E-state index in [1.165, 1.54) is 0 Å². The summed E-state index contributed by atoms with van der Waals surface area (Å²) in [5.41, 5.74) is 6.84. The summed E-state index contributed by atoms with van der Waals surface area (Å²) in [4.78, 5) is 6.82. The molecule has 1 aromatic rings. The normalized spacial score (nSPS) is 12.9. The average Bonchev–Trinajstić information content (AvgIpc) is 2.54. The zero-order valence-electron chi connectivity index (χ0n) is 9.16. The standard InChI is InChI=1S/C10H19N3S/c1-4-13(5-2)10-12-9(7-14-10)6-8(3)11/h7-8H,4-6,11H2,1-3H3. The van der Waals surface area contributed by atoms with Crippen LogP contribution in [0.4, 0.5) is 5.13 Å². The SMILES string of the molecule is CCN(CC)c1nc(CC(C)N)cs1. The van der Waals surface area contributed by atoms with Crippen LogP contribution in [0.15, 0.2) is 5.38 Å². The first-order chi connectivity index (χ1) is 6.67. The summed E-state index contributed by atoms with van der Waals surface area (Å²) in [6.07, 6.45) is 0.873. The molecule has 0 aliphatic rings. The van der Waals surface area contributed by atoms with Crippen LogP contribution in [0.2, 0.25) is 0 Å². The lowest BCUT2D eigenvalue weighted by molar-refractivity contribution is 0.723. The highest BCUT2D eigenvalue weighted by Crippen LogP contribution is 2.20. The van der Waals surface area contributed by atoms with Crippen molar-refractivity contribution in [3.63, 3.8) is 0 Å². The van der Waals surface area contributed by atoms with Gasteiger partial charge >= 0.3 is 0 Å². The van der Waals surface area contributed by atoms with Gasteiger partial charge in [-0.1, -0.05) is 0 Å². The van der Waals surface area contributed by atoms with Gasteiger partial charge in [0, 0.05) is 30.9 Å². The summed E-state index contributed by atoms with van der Waals surface area (Å²) in [7, 11) is 0. The fourth-order valence-electron chi connectivity index (χ4n) is 1.36. The molecule has 14 heavy (non-hydrogen) atoms. The van der Waals surface area contributed by atoms with Gasteiger partial charge in [0.25, 0.3) is 0 Å². The largest absolute Gasteiger partial charge is 0.349 e. The van der Waals surface area contributed by atoms with Crippen molar-refractivity contribution in [2.24, 2.45) is 5.73 Å². The molecule has 80 valence electrons. The minimum atomic E-state index is 0.196. The fourth-order valence-corrected chi connectivity index (χ4v) is 2.33. The molecule has 1 unspecified atom stereocenters. The third-order valence-electron chi connectivity index (χ3n) is 2.10. The fraction of sp³-hybridized carbons (Fsp3) is 0.700. The molecule has 0 bridgehead atoms. The number of nitrogens with two attached hydrogens (primary N) is 1. The Morgan fingerprint density at radius 1 is 1.50 bits per heavy atom. The molecule has 0 aliphatic carbocycles. The molecule has 1 aromatic heterocycles. The van der Waals surface area contributed by atoms with Crippen molar-refractivity contribution in [2.75, 3.05) is 18.0 Å². The Morgan fingerprint density at radius 2 is 2.14 bits per heavy atom.